The van der Waals surface area contributed by atoms with Gasteiger partial charge in [0, 0.05) is 30.5 Å². The van der Waals surface area contributed by atoms with Gasteiger partial charge in [0.25, 0.3) is 0 Å². The van der Waals surface area contributed by atoms with Crippen molar-refractivity contribution in [3.8, 4) is 5.75 Å². The summed E-state index contributed by atoms with van der Waals surface area (Å²) in [5.41, 5.74) is 2.50. The first-order chi connectivity index (χ1) is 9.35. The van der Waals surface area contributed by atoms with Crippen molar-refractivity contribution in [1.82, 2.24) is 14.9 Å². The first-order valence-corrected chi connectivity index (χ1v) is 6.70. The molecule has 2 aromatic rings. The Bertz CT molecular complexity index is 532. The summed E-state index contributed by atoms with van der Waals surface area (Å²) >= 11 is 0. The van der Waals surface area contributed by atoms with E-state index in [9.17, 15) is 0 Å². The molecule has 0 radical (unpaired) electrons. The second-order valence-corrected chi connectivity index (χ2v) is 5.04. The summed E-state index contributed by atoms with van der Waals surface area (Å²) in [6.45, 7) is 1.73. The van der Waals surface area contributed by atoms with Crippen molar-refractivity contribution >= 4 is 0 Å². The molecule has 100 valence electrons. The molecule has 1 aromatic carbocycles. The molecule has 0 atom stereocenters. The van der Waals surface area contributed by atoms with Crippen LogP contribution < -0.4 is 10.1 Å². The molecule has 0 unspecified atom stereocenters. The molecule has 1 aromatic heterocycles. The minimum Gasteiger partial charge on any atom is -0.496 e. The maximum absolute atomic E-state index is 5.43. The molecule has 1 saturated carbocycles. The molecule has 1 heterocycles. The molecule has 4 nitrogen and oxygen atoms in total. The maximum Gasteiger partial charge on any atom is 0.123 e. The van der Waals surface area contributed by atoms with E-state index < -0.39 is 0 Å². The number of rotatable bonds is 6. The normalized spacial score (nSPS) is 14.6. The molecule has 0 bridgehead atoms. The van der Waals surface area contributed by atoms with Gasteiger partial charge in [-0.1, -0.05) is 6.07 Å². The summed E-state index contributed by atoms with van der Waals surface area (Å²) in [7, 11) is 1.72. The average Bonchev–Trinajstić information content (AvgIpc) is 3.13. The van der Waals surface area contributed by atoms with Crippen LogP contribution in [0.3, 0.4) is 0 Å². The van der Waals surface area contributed by atoms with Crippen LogP contribution in [-0.2, 0) is 13.1 Å². The van der Waals surface area contributed by atoms with Crippen LogP contribution in [0.5, 0.6) is 5.75 Å². The number of nitrogens with zero attached hydrogens (tertiary/aromatic N) is 2. The van der Waals surface area contributed by atoms with Gasteiger partial charge in [0.15, 0.2) is 0 Å². The summed E-state index contributed by atoms with van der Waals surface area (Å²) < 4.78 is 7.48. The van der Waals surface area contributed by atoms with E-state index in [1.54, 1.807) is 13.3 Å². The summed E-state index contributed by atoms with van der Waals surface area (Å²) in [6, 6.07) is 7.13. The fourth-order valence-electron chi connectivity index (χ4n) is 2.19. The fourth-order valence-corrected chi connectivity index (χ4v) is 2.19. The molecule has 3 rings (SSSR count). The van der Waals surface area contributed by atoms with Gasteiger partial charge in [0.1, 0.15) is 5.75 Å². The summed E-state index contributed by atoms with van der Waals surface area (Å²) in [4.78, 5) is 4.07. The Morgan fingerprint density at radius 3 is 3.00 bits per heavy atom. The smallest absolute Gasteiger partial charge is 0.123 e. The van der Waals surface area contributed by atoms with E-state index in [-0.39, 0.29) is 0 Å². The lowest BCUT2D eigenvalue weighted by Gasteiger charge is -2.12. The van der Waals surface area contributed by atoms with Gasteiger partial charge in [0.05, 0.1) is 20.0 Å². The van der Waals surface area contributed by atoms with Crippen LogP contribution in [0.25, 0.3) is 0 Å². The van der Waals surface area contributed by atoms with E-state index in [0.29, 0.717) is 0 Å². The number of aromatic nitrogens is 2. The van der Waals surface area contributed by atoms with Crippen molar-refractivity contribution in [2.75, 3.05) is 7.11 Å². The SMILES string of the molecule is COc1ccc(CNC2CC2)cc1Cn1ccnc1. The zero-order chi connectivity index (χ0) is 13.1. The predicted molar refractivity (Wildman–Crippen MR) is 74.2 cm³/mol. The fraction of sp³-hybridized carbons (Fsp3) is 0.400. The van der Waals surface area contributed by atoms with Gasteiger partial charge in [-0.15, -0.1) is 0 Å². The third-order valence-electron chi connectivity index (χ3n) is 3.43. The third kappa shape index (κ3) is 3.15. The van der Waals surface area contributed by atoms with Gasteiger partial charge >= 0.3 is 0 Å². The highest BCUT2D eigenvalue weighted by atomic mass is 16.5. The van der Waals surface area contributed by atoms with E-state index >= 15 is 0 Å². The van der Waals surface area contributed by atoms with Gasteiger partial charge in [-0.25, -0.2) is 4.98 Å². The lowest BCUT2D eigenvalue weighted by molar-refractivity contribution is 0.408. The number of hydrogen-bond acceptors (Lipinski definition) is 3. The highest BCUT2D eigenvalue weighted by molar-refractivity contribution is 5.37. The summed E-state index contributed by atoms with van der Waals surface area (Å²) in [5, 5.41) is 3.54. The van der Waals surface area contributed by atoms with Crippen molar-refractivity contribution in [3.05, 3.63) is 48.0 Å². The minimum absolute atomic E-state index is 0.735. The molecule has 0 spiro atoms. The zero-order valence-electron chi connectivity index (χ0n) is 11.2. The number of benzene rings is 1. The van der Waals surface area contributed by atoms with Crippen molar-refractivity contribution in [2.24, 2.45) is 0 Å². The molecule has 1 fully saturated rings. The van der Waals surface area contributed by atoms with Crippen LogP contribution in [0.1, 0.15) is 24.0 Å². The van der Waals surface area contributed by atoms with Crippen LogP contribution in [-0.4, -0.2) is 22.7 Å². The highest BCUT2D eigenvalue weighted by Crippen LogP contribution is 2.23. The number of hydrogen-bond donors (Lipinski definition) is 1. The summed E-state index contributed by atoms with van der Waals surface area (Å²) in [6.07, 6.45) is 8.23. The standard InChI is InChI=1S/C15H19N3O/c1-19-15-5-2-12(9-17-14-3-4-14)8-13(15)10-18-7-6-16-11-18/h2,5-8,11,14,17H,3-4,9-10H2,1H3. The summed E-state index contributed by atoms with van der Waals surface area (Å²) in [5.74, 6) is 0.934. The predicted octanol–water partition coefficient (Wildman–Crippen LogP) is 2.19. The lowest BCUT2D eigenvalue weighted by Crippen LogP contribution is -2.15. The Morgan fingerprint density at radius 1 is 1.42 bits per heavy atom. The van der Waals surface area contributed by atoms with Crippen LogP contribution >= 0.6 is 0 Å². The molecule has 1 aliphatic rings. The Balaban J connectivity index is 1.75. The molecule has 0 saturated heterocycles. The monoisotopic (exact) mass is 257 g/mol. The second-order valence-electron chi connectivity index (χ2n) is 5.04. The van der Waals surface area contributed by atoms with Crippen LogP contribution in [0.2, 0.25) is 0 Å². The Labute approximate surface area is 113 Å². The largest absolute Gasteiger partial charge is 0.496 e. The maximum atomic E-state index is 5.43. The molecule has 4 heteroatoms. The van der Waals surface area contributed by atoms with Crippen LogP contribution in [0.15, 0.2) is 36.9 Å². The number of imidazole rings is 1. The van der Waals surface area contributed by atoms with E-state index in [2.05, 4.69) is 33.1 Å². The molecule has 0 amide bonds. The van der Waals surface area contributed by atoms with Crippen molar-refractivity contribution in [2.45, 2.75) is 32.0 Å². The van der Waals surface area contributed by atoms with Crippen molar-refractivity contribution in [3.63, 3.8) is 0 Å². The number of methoxy groups -OCH3 is 1. The molecule has 0 aliphatic heterocycles. The lowest BCUT2D eigenvalue weighted by atomic mass is 10.1. The van der Waals surface area contributed by atoms with Gasteiger partial charge in [-0.05, 0) is 30.5 Å². The van der Waals surface area contributed by atoms with Gasteiger partial charge in [0.2, 0.25) is 0 Å². The van der Waals surface area contributed by atoms with Gasteiger partial charge < -0.3 is 14.6 Å². The van der Waals surface area contributed by atoms with Crippen LogP contribution in [0.4, 0.5) is 0 Å². The quantitative estimate of drug-likeness (QED) is 0.862. The highest BCUT2D eigenvalue weighted by Gasteiger charge is 2.20. The van der Waals surface area contributed by atoms with Gasteiger partial charge in [-0.2, -0.15) is 0 Å². The minimum atomic E-state index is 0.735. The zero-order valence-corrected chi connectivity index (χ0v) is 11.2. The molecule has 1 N–H and O–H groups in total. The first kappa shape index (κ1) is 12.2. The van der Waals surface area contributed by atoms with Gasteiger partial charge in [-0.3, -0.25) is 0 Å². The van der Waals surface area contributed by atoms with Crippen LogP contribution in [0, 0.1) is 0 Å². The van der Waals surface area contributed by atoms with E-state index in [1.165, 1.54) is 24.0 Å². The van der Waals surface area contributed by atoms with E-state index in [1.807, 2.05) is 12.5 Å². The molecule has 19 heavy (non-hydrogen) atoms. The van der Waals surface area contributed by atoms with Crippen molar-refractivity contribution < 1.29 is 4.74 Å². The van der Waals surface area contributed by atoms with E-state index in [4.69, 9.17) is 4.74 Å². The number of nitrogens with one attached hydrogen (secondary N) is 1. The molecule has 1 aliphatic carbocycles. The molecular formula is C15H19N3O. The van der Waals surface area contributed by atoms with Crippen molar-refractivity contribution in [1.29, 1.82) is 0 Å². The topological polar surface area (TPSA) is 39.1 Å². The number of ether oxygens (including phenoxy) is 1. The van der Waals surface area contributed by atoms with E-state index in [0.717, 1.165) is 24.9 Å². The Hall–Kier alpha value is -1.81. The third-order valence-corrected chi connectivity index (χ3v) is 3.43. The average molecular weight is 257 g/mol. The Kier molecular flexibility index (Phi) is 3.51. The Morgan fingerprint density at radius 2 is 2.32 bits per heavy atom. The molecular weight excluding hydrogens is 238 g/mol. The first-order valence-electron chi connectivity index (χ1n) is 6.70. The second kappa shape index (κ2) is 5.45.